The van der Waals surface area contributed by atoms with Gasteiger partial charge >= 0.3 is 0 Å². The van der Waals surface area contributed by atoms with Crippen molar-refractivity contribution < 1.29 is 13.2 Å². The summed E-state index contributed by atoms with van der Waals surface area (Å²) >= 11 is 0. The van der Waals surface area contributed by atoms with E-state index < -0.39 is 9.84 Å². The predicted molar refractivity (Wildman–Crippen MR) is 105 cm³/mol. The van der Waals surface area contributed by atoms with Gasteiger partial charge in [-0.25, -0.2) is 18.4 Å². The highest BCUT2D eigenvalue weighted by atomic mass is 32.2. The lowest BCUT2D eigenvalue weighted by atomic mass is 9.97. The third kappa shape index (κ3) is 5.28. The Bertz CT molecular complexity index is 807. The van der Waals surface area contributed by atoms with Gasteiger partial charge in [0.05, 0.1) is 11.5 Å². The van der Waals surface area contributed by atoms with Crippen molar-refractivity contribution in [3.8, 4) is 0 Å². The van der Waals surface area contributed by atoms with Gasteiger partial charge in [-0.15, -0.1) is 0 Å². The van der Waals surface area contributed by atoms with Crippen LogP contribution in [-0.4, -0.2) is 59.8 Å². The Hall–Kier alpha value is -1.96. The summed E-state index contributed by atoms with van der Waals surface area (Å²) in [7, 11) is -3.04. The molecule has 148 valence electrons. The van der Waals surface area contributed by atoms with Gasteiger partial charge in [0, 0.05) is 25.3 Å². The van der Waals surface area contributed by atoms with Gasteiger partial charge in [0.15, 0.2) is 9.84 Å². The summed E-state index contributed by atoms with van der Waals surface area (Å²) < 4.78 is 23.5. The van der Waals surface area contributed by atoms with Crippen LogP contribution in [0.25, 0.3) is 0 Å². The molecule has 1 fully saturated rings. The van der Waals surface area contributed by atoms with Crippen LogP contribution in [0, 0.1) is 0 Å². The first kappa shape index (κ1) is 19.8. The molecule has 0 saturated carbocycles. The van der Waals surface area contributed by atoms with Gasteiger partial charge < -0.3 is 10.2 Å². The average Bonchev–Trinajstić information content (AvgIpc) is 3.03. The number of aromatic nitrogens is 2. The second-order valence-corrected chi connectivity index (χ2v) is 9.43. The fourth-order valence-electron chi connectivity index (χ4n) is 3.77. The van der Waals surface area contributed by atoms with Crippen molar-refractivity contribution in [3.63, 3.8) is 0 Å². The Balaban J connectivity index is 1.61. The van der Waals surface area contributed by atoms with E-state index in [2.05, 4.69) is 21.4 Å². The second kappa shape index (κ2) is 8.82. The number of rotatable bonds is 7. The van der Waals surface area contributed by atoms with Crippen molar-refractivity contribution in [1.29, 1.82) is 0 Å². The summed E-state index contributed by atoms with van der Waals surface area (Å²) in [5, 5.41) is 3.20. The lowest BCUT2D eigenvalue weighted by molar-refractivity contribution is 0.0702. The molecule has 1 aliphatic carbocycles. The van der Waals surface area contributed by atoms with Crippen molar-refractivity contribution in [3.05, 3.63) is 29.6 Å². The van der Waals surface area contributed by atoms with E-state index in [4.69, 9.17) is 0 Å². The molecule has 2 heterocycles. The molecule has 1 unspecified atom stereocenters. The van der Waals surface area contributed by atoms with Crippen LogP contribution in [0.1, 0.15) is 55.9 Å². The number of allylic oxidation sites excluding steroid dienone is 1. The van der Waals surface area contributed by atoms with Gasteiger partial charge in [-0.2, -0.15) is 0 Å². The number of anilines is 1. The van der Waals surface area contributed by atoms with Crippen LogP contribution in [0.2, 0.25) is 0 Å². The van der Waals surface area contributed by atoms with Crippen molar-refractivity contribution in [2.75, 3.05) is 29.9 Å². The molecule has 1 aromatic heterocycles. The molecule has 2 aliphatic rings. The summed E-state index contributed by atoms with van der Waals surface area (Å²) in [5.74, 6) is 0.388. The predicted octanol–water partition coefficient (Wildman–Crippen LogP) is 2.43. The Kier molecular flexibility index (Phi) is 6.46. The van der Waals surface area contributed by atoms with Crippen LogP contribution in [-0.2, 0) is 9.84 Å². The molecular weight excluding hydrogens is 364 g/mol. The fraction of sp³-hybridized carbons (Fsp3) is 0.632. The van der Waals surface area contributed by atoms with E-state index in [-0.39, 0.29) is 23.5 Å². The Morgan fingerprint density at radius 3 is 2.89 bits per heavy atom. The fourth-order valence-corrected chi connectivity index (χ4v) is 5.50. The van der Waals surface area contributed by atoms with Crippen LogP contribution in [0.15, 0.2) is 23.9 Å². The SMILES string of the molecule is CCN(C(=O)c1ccnc(NCCC2=CCCCC2)n1)C1CCS(=O)(=O)C1. The van der Waals surface area contributed by atoms with E-state index in [0.29, 0.717) is 24.6 Å². The van der Waals surface area contributed by atoms with Gasteiger partial charge in [-0.05, 0) is 51.5 Å². The maximum atomic E-state index is 12.9. The summed E-state index contributed by atoms with van der Waals surface area (Å²) in [6, 6.07) is 1.32. The first-order chi connectivity index (χ1) is 13.0. The minimum atomic E-state index is -3.04. The number of carbonyl (C=O) groups excluding carboxylic acids is 1. The summed E-state index contributed by atoms with van der Waals surface area (Å²) in [5.41, 5.74) is 1.77. The Morgan fingerprint density at radius 1 is 1.37 bits per heavy atom. The van der Waals surface area contributed by atoms with E-state index >= 15 is 0 Å². The third-order valence-corrected chi connectivity index (χ3v) is 6.99. The normalized spacial score (nSPS) is 21.5. The first-order valence-corrected chi connectivity index (χ1v) is 11.6. The molecule has 0 spiro atoms. The molecule has 1 aromatic rings. The zero-order valence-corrected chi connectivity index (χ0v) is 16.7. The van der Waals surface area contributed by atoms with Crippen LogP contribution in [0.5, 0.6) is 0 Å². The molecule has 3 rings (SSSR count). The van der Waals surface area contributed by atoms with E-state index in [1.165, 1.54) is 24.8 Å². The number of nitrogens with one attached hydrogen (secondary N) is 1. The zero-order valence-electron chi connectivity index (χ0n) is 15.9. The zero-order chi connectivity index (χ0) is 19.3. The maximum Gasteiger partial charge on any atom is 0.272 e. The highest BCUT2D eigenvalue weighted by Crippen LogP contribution is 2.21. The van der Waals surface area contributed by atoms with Crippen LogP contribution >= 0.6 is 0 Å². The summed E-state index contributed by atoms with van der Waals surface area (Å²) in [6.45, 7) is 3.06. The quantitative estimate of drug-likeness (QED) is 0.717. The standard InChI is InChI=1S/C19H28N4O3S/c1-2-23(16-10-13-27(25,26)14-16)18(24)17-9-12-21-19(22-17)20-11-8-15-6-4-3-5-7-15/h6,9,12,16H,2-5,7-8,10-11,13-14H2,1H3,(H,20,21,22). The van der Waals surface area contributed by atoms with E-state index in [0.717, 1.165) is 19.4 Å². The third-order valence-electron chi connectivity index (χ3n) is 5.24. The molecule has 1 N–H and O–H groups in total. The van der Waals surface area contributed by atoms with Gasteiger partial charge in [0.2, 0.25) is 5.95 Å². The minimum Gasteiger partial charge on any atom is -0.354 e. The topological polar surface area (TPSA) is 92.3 Å². The van der Waals surface area contributed by atoms with Gasteiger partial charge in [0.1, 0.15) is 5.69 Å². The average molecular weight is 393 g/mol. The number of amides is 1. The van der Waals surface area contributed by atoms with Gasteiger partial charge in [-0.1, -0.05) is 11.6 Å². The molecule has 0 bridgehead atoms. The van der Waals surface area contributed by atoms with Crippen LogP contribution in [0.4, 0.5) is 5.95 Å². The lowest BCUT2D eigenvalue weighted by Gasteiger charge is -2.26. The smallest absolute Gasteiger partial charge is 0.272 e. The molecule has 1 atom stereocenters. The van der Waals surface area contributed by atoms with Crippen molar-refractivity contribution in [2.24, 2.45) is 0 Å². The van der Waals surface area contributed by atoms with Crippen LogP contribution < -0.4 is 5.32 Å². The Morgan fingerprint density at radius 2 is 2.22 bits per heavy atom. The molecule has 8 heteroatoms. The van der Waals surface area contributed by atoms with Gasteiger partial charge in [0.25, 0.3) is 5.91 Å². The first-order valence-electron chi connectivity index (χ1n) is 9.75. The second-order valence-electron chi connectivity index (χ2n) is 7.20. The number of hydrogen-bond donors (Lipinski definition) is 1. The highest BCUT2D eigenvalue weighted by molar-refractivity contribution is 7.91. The number of nitrogens with zero attached hydrogens (tertiary/aromatic N) is 3. The van der Waals surface area contributed by atoms with E-state index in [1.807, 2.05) is 6.92 Å². The molecule has 0 aromatic carbocycles. The number of carbonyl (C=O) groups is 1. The molecule has 1 aliphatic heterocycles. The van der Waals surface area contributed by atoms with E-state index in [9.17, 15) is 13.2 Å². The molecule has 1 saturated heterocycles. The number of sulfone groups is 1. The van der Waals surface area contributed by atoms with Crippen molar-refractivity contribution in [2.45, 2.75) is 51.5 Å². The molecule has 27 heavy (non-hydrogen) atoms. The molecular formula is C19H28N4O3S. The van der Waals surface area contributed by atoms with Gasteiger partial charge in [-0.3, -0.25) is 4.79 Å². The lowest BCUT2D eigenvalue weighted by Crippen LogP contribution is -2.41. The van der Waals surface area contributed by atoms with E-state index in [1.54, 1.807) is 17.2 Å². The molecule has 0 radical (unpaired) electrons. The largest absolute Gasteiger partial charge is 0.354 e. The highest BCUT2D eigenvalue weighted by Gasteiger charge is 2.34. The van der Waals surface area contributed by atoms with Crippen molar-refractivity contribution >= 4 is 21.7 Å². The minimum absolute atomic E-state index is 0.0396. The van der Waals surface area contributed by atoms with Crippen LogP contribution in [0.3, 0.4) is 0 Å². The molecule has 1 amide bonds. The monoisotopic (exact) mass is 392 g/mol. The summed E-state index contributed by atoms with van der Waals surface area (Å²) in [4.78, 5) is 23.0. The number of hydrogen-bond acceptors (Lipinski definition) is 6. The Labute approximate surface area is 161 Å². The van der Waals surface area contributed by atoms with Crippen molar-refractivity contribution in [1.82, 2.24) is 14.9 Å². The maximum absolute atomic E-state index is 12.9. The molecule has 7 nitrogen and oxygen atoms in total. The summed E-state index contributed by atoms with van der Waals surface area (Å²) in [6.07, 6.45) is 10.2.